The first kappa shape index (κ1) is 15.3. The molecule has 110 valence electrons. The smallest absolute Gasteiger partial charge is 0.269 e. The summed E-state index contributed by atoms with van der Waals surface area (Å²) in [5, 5.41) is 14.4. The number of nitro groups is 1. The molecular weight excluding hydrogens is 292 g/mol. The molecule has 2 aromatic rings. The summed E-state index contributed by atoms with van der Waals surface area (Å²) in [6, 6.07) is 11.4. The number of benzene rings is 2. The maximum absolute atomic E-state index is 10.6. The number of rotatable bonds is 6. The van der Waals surface area contributed by atoms with Crippen molar-refractivity contribution in [2.24, 2.45) is 0 Å². The van der Waals surface area contributed by atoms with Crippen molar-refractivity contribution in [2.75, 3.05) is 6.54 Å². The summed E-state index contributed by atoms with van der Waals surface area (Å²) in [4.78, 5) is 10.2. The zero-order chi connectivity index (χ0) is 15.2. The molecule has 0 radical (unpaired) electrons. The van der Waals surface area contributed by atoms with Crippen molar-refractivity contribution in [3.8, 4) is 11.5 Å². The van der Waals surface area contributed by atoms with Crippen molar-refractivity contribution < 1.29 is 9.66 Å². The van der Waals surface area contributed by atoms with Gasteiger partial charge in [-0.05, 0) is 30.8 Å². The summed E-state index contributed by atoms with van der Waals surface area (Å²) in [7, 11) is 0. The van der Waals surface area contributed by atoms with E-state index in [0.29, 0.717) is 23.1 Å². The third kappa shape index (κ3) is 3.93. The van der Waals surface area contributed by atoms with Gasteiger partial charge >= 0.3 is 0 Å². The van der Waals surface area contributed by atoms with Crippen molar-refractivity contribution in [3.63, 3.8) is 0 Å². The Morgan fingerprint density at radius 2 is 1.95 bits per heavy atom. The first-order chi connectivity index (χ1) is 10.1. The fourth-order valence-electron chi connectivity index (χ4n) is 1.82. The van der Waals surface area contributed by atoms with Gasteiger partial charge in [-0.1, -0.05) is 24.6 Å². The van der Waals surface area contributed by atoms with Gasteiger partial charge in [0.2, 0.25) is 0 Å². The van der Waals surface area contributed by atoms with Crippen LogP contribution in [0, 0.1) is 10.1 Å². The fourth-order valence-corrected chi connectivity index (χ4v) is 2.05. The molecule has 21 heavy (non-hydrogen) atoms. The van der Waals surface area contributed by atoms with E-state index in [1.807, 2.05) is 13.0 Å². The average molecular weight is 307 g/mol. The van der Waals surface area contributed by atoms with Crippen LogP contribution in [-0.4, -0.2) is 11.5 Å². The van der Waals surface area contributed by atoms with Crippen molar-refractivity contribution in [1.29, 1.82) is 0 Å². The third-order valence-electron chi connectivity index (χ3n) is 2.90. The summed E-state index contributed by atoms with van der Waals surface area (Å²) in [5.74, 6) is 1.16. The highest BCUT2D eigenvalue weighted by Crippen LogP contribution is 2.31. The highest BCUT2D eigenvalue weighted by Gasteiger charge is 2.10. The van der Waals surface area contributed by atoms with Gasteiger partial charge in [-0.15, -0.1) is 0 Å². The Morgan fingerprint density at radius 3 is 2.57 bits per heavy atom. The van der Waals surface area contributed by atoms with Gasteiger partial charge in [0.15, 0.2) is 0 Å². The van der Waals surface area contributed by atoms with Gasteiger partial charge in [-0.25, -0.2) is 0 Å². The van der Waals surface area contributed by atoms with E-state index in [0.717, 1.165) is 12.1 Å². The summed E-state index contributed by atoms with van der Waals surface area (Å²) < 4.78 is 5.78. The van der Waals surface area contributed by atoms with E-state index in [1.165, 1.54) is 12.1 Å². The van der Waals surface area contributed by atoms with E-state index in [9.17, 15) is 10.1 Å². The van der Waals surface area contributed by atoms with Crippen LogP contribution in [0.3, 0.4) is 0 Å². The normalized spacial score (nSPS) is 10.4. The summed E-state index contributed by atoms with van der Waals surface area (Å²) in [5.41, 5.74) is 0.890. The molecule has 0 unspecified atom stereocenters. The molecule has 0 atom stereocenters. The fraction of sp³-hybridized carbons (Fsp3) is 0.200. The van der Waals surface area contributed by atoms with Crippen LogP contribution in [-0.2, 0) is 6.54 Å². The Balaban J connectivity index is 2.22. The molecule has 6 heteroatoms. The van der Waals surface area contributed by atoms with E-state index in [1.54, 1.807) is 24.3 Å². The van der Waals surface area contributed by atoms with Gasteiger partial charge < -0.3 is 10.1 Å². The lowest BCUT2D eigenvalue weighted by Gasteiger charge is -2.13. The molecule has 0 spiro atoms. The number of hydrogen-bond donors (Lipinski definition) is 1. The SMILES string of the molecule is CCNCc1c(Cl)cccc1Oc1ccc([N+](=O)[O-])cc1. The minimum Gasteiger partial charge on any atom is -0.457 e. The lowest BCUT2D eigenvalue weighted by molar-refractivity contribution is -0.384. The second-order valence-electron chi connectivity index (χ2n) is 4.35. The lowest BCUT2D eigenvalue weighted by atomic mass is 10.2. The van der Waals surface area contributed by atoms with Crippen LogP contribution in [0.15, 0.2) is 42.5 Å². The van der Waals surface area contributed by atoms with E-state index < -0.39 is 4.92 Å². The van der Waals surface area contributed by atoms with Gasteiger partial charge in [-0.2, -0.15) is 0 Å². The van der Waals surface area contributed by atoms with Crippen molar-refractivity contribution in [1.82, 2.24) is 5.32 Å². The minimum absolute atomic E-state index is 0.0290. The highest BCUT2D eigenvalue weighted by atomic mass is 35.5. The van der Waals surface area contributed by atoms with Crippen LogP contribution >= 0.6 is 11.6 Å². The van der Waals surface area contributed by atoms with Gasteiger partial charge in [0.05, 0.1) is 4.92 Å². The maximum atomic E-state index is 10.6. The van der Waals surface area contributed by atoms with Crippen LogP contribution in [0.5, 0.6) is 11.5 Å². The lowest BCUT2D eigenvalue weighted by Crippen LogP contribution is -2.12. The van der Waals surface area contributed by atoms with Gasteiger partial charge in [0.1, 0.15) is 11.5 Å². The molecule has 0 aliphatic rings. The molecular formula is C15H15ClN2O3. The monoisotopic (exact) mass is 306 g/mol. The number of hydrogen-bond acceptors (Lipinski definition) is 4. The van der Waals surface area contributed by atoms with E-state index in [4.69, 9.17) is 16.3 Å². The summed E-state index contributed by atoms with van der Waals surface area (Å²) in [6.07, 6.45) is 0. The number of non-ortho nitro benzene ring substituents is 1. The Labute approximate surface area is 127 Å². The van der Waals surface area contributed by atoms with Crippen LogP contribution in [0.4, 0.5) is 5.69 Å². The number of nitrogens with zero attached hydrogens (tertiary/aromatic N) is 1. The highest BCUT2D eigenvalue weighted by molar-refractivity contribution is 6.31. The molecule has 1 N–H and O–H groups in total. The largest absolute Gasteiger partial charge is 0.457 e. The second kappa shape index (κ2) is 7.06. The van der Waals surface area contributed by atoms with Crippen LogP contribution < -0.4 is 10.1 Å². The Hall–Kier alpha value is -2.11. The third-order valence-corrected chi connectivity index (χ3v) is 3.26. The first-order valence-corrected chi connectivity index (χ1v) is 6.90. The molecule has 2 rings (SSSR count). The molecule has 0 bridgehead atoms. The van der Waals surface area contributed by atoms with Crippen molar-refractivity contribution in [2.45, 2.75) is 13.5 Å². The molecule has 0 saturated carbocycles. The zero-order valence-electron chi connectivity index (χ0n) is 11.5. The molecule has 0 aromatic heterocycles. The molecule has 0 aliphatic heterocycles. The first-order valence-electron chi connectivity index (χ1n) is 6.52. The van der Waals surface area contributed by atoms with Gasteiger partial charge in [-0.3, -0.25) is 10.1 Å². The Kier molecular flexibility index (Phi) is 5.14. The Morgan fingerprint density at radius 1 is 1.24 bits per heavy atom. The number of halogens is 1. The molecule has 0 fully saturated rings. The van der Waals surface area contributed by atoms with Crippen LogP contribution in [0.2, 0.25) is 5.02 Å². The van der Waals surface area contributed by atoms with Crippen molar-refractivity contribution in [3.05, 3.63) is 63.2 Å². The van der Waals surface area contributed by atoms with Gasteiger partial charge in [0, 0.05) is 29.3 Å². The van der Waals surface area contributed by atoms with Crippen molar-refractivity contribution >= 4 is 17.3 Å². The van der Waals surface area contributed by atoms with Crippen LogP contribution in [0.1, 0.15) is 12.5 Å². The summed E-state index contributed by atoms with van der Waals surface area (Å²) in [6.45, 7) is 3.42. The average Bonchev–Trinajstić information content (AvgIpc) is 2.47. The quantitative estimate of drug-likeness (QED) is 0.643. The number of nitro benzene ring substituents is 1. The van der Waals surface area contributed by atoms with E-state index in [2.05, 4.69) is 5.32 Å². The molecule has 0 amide bonds. The van der Waals surface area contributed by atoms with Gasteiger partial charge in [0.25, 0.3) is 5.69 Å². The molecule has 0 saturated heterocycles. The molecule has 2 aromatic carbocycles. The predicted molar refractivity (Wildman–Crippen MR) is 82.0 cm³/mol. The van der Waals surface area contributed by atoms with E-state index in [-0.39, 0.29) is 5.69 Å². The van der Waals surface area contributed by atoms with Crippen LogP contribution in [0.25, 0.3) is 0 Å². The predicted octanol–water partition coefficient (Wildman–Crippen LogP) is 4.15. The topological polar surface area (TPSA) is 64.4 Å². The second-order valence-corrected chi connectivity index (χ2v) is 4.76. The zero-order valence-corrected chi connectivity index (χ0v) is 12.3. The Bertz CT molecular complexity index is 629. The number of nitrogens with one attached hydrogen (secondary N) is 1. The minimum atomic E-state index is -0.445. The van der Waals surface area contributed by atoms with E-state index >= 15 is 0 Å². The number of ether oxygens (including phenoxy) is 1. The maximum Gasteiger partial charge on any atom is 0.269 e. The molecule has 0 heterocycles. The standard InChI is InChI=1S/C15H15ClN2O3/c1-2-17-10-13-14(16)4-3-5-15(13)21-12-8-6-11(7-9-12)18(19)20/h3-9,17H,2,10H2,1H3. The molecule has 5 nitrogen and oxygen atoms in total. The summed E-state index contributed by atoms with van der Waals surface area (Å²) >= 11 is 6.19. The molecule has 0 aliphatic carbocycles.